The number of carbonyl (C=O) groups excluding carboxylic acids is 2. The Hall–Kier alpha value is -1.88. The molecule has 0 unspecified atom stereocenters. The van der Waals surface area contributed by atoms with Crippen molar-refractivity contribution in [3.8, 4) is 0 Å². The van der Waals surface area contributed by atoms with Crippen LogP contribution in [0.15, 0.2) is 12.1 Å². The normalized spacial score (nSPS) is 19.9. The molecule has 0 aromatic heterocycles. The first kappa shape index (κ1) is 18.9. The van der Waals surface area contributed by atoms with Gasteiger partial charge in [0.25, 0.3) is 5.91 Å². The highest BCUT2D eigenvalue weighted by molar-refractivity contribution is 5.97. The molecule has 2 aliphatic rings. The van der Waals surface area contributed by atoms with Gasteiger partial charge in [0.05, 0.1) is 6.61 Å². The monoisotopic (exact) mass is 358 g/mol. The number of likely N-dealkylation sites (tertiary alicyclic amines) is 2. The number of hydrogen-bond donors (Lipinski definition) is 1. The van der Waals surface area contributed by atoms with Crippen LogP contribution in [-0.4, -0.2) is 59.5 Å². The fraction of sp³-hybridized carbons (Fsp3) is 0.619. The molecule has 1 N–H and O–H groups in total. The topological polar surface area (TPSA) is 60.9 Å². The number of amides is 2. The van der Waals surface area contributed by atoms with Gasteiger partial charge in [0.2, 0.25) is 5.91 Å². The Bertz CT molecular complexity index is 682. The molecule has 0 radical (unpaired) electrons. The zero-order chi connectivity index (χ0) is 18.9. The highest BCUT2D eigenvalue weighted by Crippen LogP contribution is 2.40. The van der Waals surface area contributed by atoms with E-state index in [1.54, 1.807) is 4.90 Å². The van der Waals surface area contributed by atoms with Crippen molar-refractivity contribution < 1.29 is 14.7 Å². The SMILES string of the molecule is Cc1cc(C)c(C(=O)N2CCC3(CCC(=O)N(CCO)C3)CC2)c(C)c1. The summed E-state index contributed by atoms with van der Waals surface area (Å²) in [6.07, 6.45) is 3.32. The summed E-state index contributed by atoms with van der Waals surface area (Å²) >= 11 is 0. The molecule has 0 bridgehead atoms. The maximum absolute atomic E-state index is 13.1. The van der Waals surface area contributed by atoms with E-state index in [0.717, 1.165) is 55.6 Å². The van der Waals surface area contributed by atoms with E-state index >= 15 is 0 Å². The summed E-state index contributed by atoms with van der Waals surface area (Å²) in [7, 11) is 0. The zero-order valence-electron chi connectivity index (χ0n) is 16.2. The smallest absolute Gasteiger partial charge is 0.254 e. The molecular formula is C21H30N2O3. The molecule has 1 aromatic rings. The second-order valence-corrected chi connectivity index (χ2v) is 8.10. The molecule has 26 heavy (non-hydrogen) atoms. The summed E-state index contributed by atoms with van der Waals surface area (Å²) in [6.45, 7) is 8.72. The highest BCUT2D eigenvalue weighted by atomic mass is 16.3. The Balaban J connectivity index is 1.69. The van der Waals surface area contributed by atoms with E-state index < -0.39 is 0 Å². The van der Waals surface area contributed by atoms with Crippen LogP contribution in [0.3, 0.4) is 0 Å². The zero-order valence-corrected chi connectivity index (χ0v) is 16.2. The number of benzene rings is 1. The van der Waals surface area contributed by atoms with Crippen LogP contribution in [-0.2, 0) is 4.79 Å². The molecule has 5 nitrogen and oxygen atoms in total. The Morgan fingerprint density at radius 3 is 2.31 bits per heavy atom. The number of nitrogens with zero attached hydrogens (tertiary/aromatic N) is 2. The summed E-state index contributed by atoms with van der Waals surface area (Å²) in [5.41, 5.74) is 4.23. The van der Waals surface area contributed by atoms with Gasteiger partial charge in [0, 0.05) is 38.2 Å². The van der Waals surface area contributed by atoms with E-state index in [1.807, 2.05) is 18.7 Å². The van der Waals surface area contributed by atoms with Crippen molar-refractivity contribution in [3.05, 3.63) is 34.4 Å². The summed E-state index contributed by atoms with van der Waals surface area (Å²) in [5.74, 6) is 0.281. The average molecular weight is 358 g/mol. The van der Waals surface area contributed by atoms with E-state index in [4.69, 9.17) is 0 Å². The second kappa shape index (κ2) is 7.39. The van der Waals surface area contributed by atoms with Gasteiger partial charge in [0.1, 0.15) is 0 Å². The predicted octanol–water partition coefficient (Wildman–Crippen LogP) is 2.45. The molecule has 0 saturated carbocycles. The van der Waals surface area contributed by atoms with Gasteiger partial charge in [-0.15, -0.1) is 0 Å². The lowest BCUT2D eigenvalue weighted by Crippen LogP contribution is -2.53. The Kier molecular flexibility index (Phi) is 5.37. The van der Waals surface area contributed by atoms with Crippen LogP contribution in [0.5, 0.6) is 0 Å². The van der Waals surface area contributed by atoms with Crippen molar-refractivity contribution in [1.82, 2.24) is 9.80 Å². The molecular weight excluding hydrogens is 328 g/mol. The molecule has 142 valence electrons. The molecule has 2 heterocycles. The summed E-state index contributed by atoms with van der Waals surface area (Å²) in [6, 6.07) is 4.15. The van der Waals surface area contributed by atoms with E-state index in [9.17, 15) is 14.7 Å². The van der Waals surface area contributed by atoms with E-state index in [0.29, 0.717) is 13.0 Å². The molecule has 2 saturated heterocycles. The molecule has 2 fully saturated rings. The summed E-state index contributed by atoms with van der Waals surface area (Å²) in [4.78, 5) is 28.9. The van der Waals surface area contributed by atoms with Crippen LogP contribution in [0, 0.1) is 26.2 Å². The fourth-order valence-corrected chi connectivity index (χ4v) is 4.69. The first-order valence-electron chi connectivity index (χ1n) is 9.61. The van der Waals surface area contributed by atoms with Crippen molar-refractivity contribution in [1.29, 1.82) is 0 Å². The minimum Gasteiger partial charge on any atom is -0.395 e. The van der Waals surface area contributed by atoms with Crippen molar-refractivity contribution in [2.45, 2.75) is 46.5 Å². The van der Waals surface area contributed by atoms with Crippen molar-refractivity contribution in [2.24, 2.45) is 5.41 Å². The fourth-order valence-electron chi connectivity index (χ4n) is 4.69. The summed E-state index contributed by atoms with van der Waals surface area (Å²) < 4.78 is 0. The lowest BCUT2D eigenvalue weighted by atomic mass is 9.72. The average Bonchev–Trinajstić information content (AvgIpc) is 2.58. The van der Waals surface area contributed by atoms with Crippen LogP contribution in [0.2, 0.25) is 0 Å². The van der Waals surface area contributed by atoms with E-state index in [2.05, 4.69) is 19.1 Å². The van der Waals surface area contributed by atoms with Gasteiger partial charge in [-0.3, -0.25) is 9.59 Å². The van der Waals surface area contributed by atoms with Gasteiger partial charge in [-0.2, -0.15) is 0 Å². The third kappa shape index (κ3) is 3.63. The van der Waals surface area contributed by atoms with Gasteiger partial charge < -0.3 is 14.9 Å². The molecule has 3 rings (SSSR count). The molecule has 2 aliphatic heterocycles. The maximum Gasteiger partial charge on any atom is 0.254 e. The molecule has 0 atom stereocenters. The third-order valence-electron chi connectivity index (χ3n) is 6.12. The van der Waals surface area contributed by atoms with Crippen molar-refractivity contribution >= 4 is 11.8 Å². The number of hydrogen-bond acceptors (Lipinski definition) is 3. The lowest BCUT2D eigenvalue weighted by molar-refractivity contribution is -0.139. The quantitative estimate of drug-likeness (QED) is 0.903. The number of aliphatic hydroxyl groups is 1. The Morgan fingerprint density at radius 1 is 1.12 bits per heavy atom. The minimum absolute atomic E-state index is 0.0123. The number of rotatable bonds is 3. The molecule has 1 aromatic carbocycles. The van der Waals surface area contributed by atoms with Crippen LogP contribution >= 0.6 is 0 Å². The lowest BCUT2D eigenvalue weighted by Gasteiger charge is -2.47. The number of aryl methyl sites for hydroxylation is 3. The number of aliphatic hydroxyl groups excluding tert-OH is 1. The number of carbonyl (C=O) groups is 2. The van der Waals surface area contributed by atoms with Gasteiger partial charge in [0.15, 0.2) is 0 Å². The Labute approximate surface area is 156 Å². The second-order valence-electron chi connectivity index (χ2n) is 8.10. The maximum atomic E-state index is 13.1. The molecule has 2 amide bonds. The van der Waals surface area contributed by atoms with Crippen LogP contribution in [0.4, 0.5) is 0 Å². The highest BCUT2D eigenvalue weighted by Gasteiger charge is 2.41. The van der Waals surface area contributed by atoms with Crippen molar-refractivity contribution in [2.75, 3.05) is 32.8 Å². The molecule has 5 heteroatoms. The standard InChI is InChI=1S/C21H30N2O3/c1-15-12-16(2)19(17(3)13-15)20(26)22-8-6-21(7-9-22)5-4-18(25)23(14-21)10-11-24/h12-13,24H,4-11,14H2,1-3H3. The number of piperidine rings is 2. The predicted molar refractivity (Wildman–Crippen MR) is 101 cm³/mol. The van der Waals surface area contributed by atoms with Crippen LogP contribution in [0.1, 0.15) is 52.7 Å². The first-order valence-corrected chi connectivity index (χ1v) is 9.61. The first-order chi connectivity index (χ1) is 12.3. The largest absolute Gasteiger partial charge is 0.395 e. The van der Waals surface area contributed by atoms with E-state index in [-0.39, 0.29) is 23.8 Å². The van der Waals surface area contributed by atoms with Gasteiger partial charge in [-0.05, 0) is 56.6 Å². The van der Waals surface area contributed by atoms with E-state index in [1.165, 1.54) is 5.56 Å². The Morgan fingerprint density at radius 2 is 1.73 bits per heavy atom. The third-order valence-corrected chi connectivity index (χ3v) is 6.12. The van der Waals surface area contributed by atoms with Gasteiger partial charge >= 0.3 is 0 Å². The van der Waals surface area contributed by atoms with Gasteiger partial charge in [-0.1, -0.05) is 17.7 Å². The van der Waals surface area contributed by atoms with Gasteiger partial charge in [-0.25, -0.2) is 0 Å². The minimum atomic E-state index is 0.0123. The van der Waals surface area contributed by atoms with Crippen molar-refractivity contribution in [3.63, 3.8) is 0 Å². The molecule has 1 spiro atoms. The van der Waals surface area contributed by atoms with Crippen LogP contribution in [0.25, 0.3) is 0 Å². The number of β-amino-alcohol motifs (C(OH)–C–C–N with tert-alkyl or cyclic N) is 1. The molecule has 0 aliphatic carbocycles. The van der Waals surface area contributed by atoms with Crippen LogP contribution < -0.4 is 0 Å². The summed E-state index contributed by atoms with van der Waals surface area (Å²) in [5, 5.41) is 9.19.